The topological polar surface area (TPSA) is 20.3 Å². The standard InChI is InChI=1S/C14H21NOS/c1-11(2)15(12(3)4)14(16)10-17-13-8-6-5-7-9-13/h5-9,11-12H,10H2,1-4H3. The van der Waals surface area contributed by atoms with E-state index in [1.54, 1.807) is 11.8 Å². The number of benzene rings is 1. The Labute approximate surface area is 108 Å². The van der Waals surface area contributed by atoms with Crippen molar-refractivity contribution in [1.29, 1.82) is 0 Å². The van der Waals surface area contributed by atoms with Gasteiger partial charge in [-0.1, -0.05) is 18.2 Å². The van der Waals surface area contributed by atoms with Gasteiger partial charge in [-0.15, -0.1) is 11.8 Å². The predicted molar refractivity (Wildman–Crippen MR) is 74.3 cm³/mol. The minimum atomic E-state index is 0.212. The lowest BCUT2D eigenvalue weighted by atomic mass is 10.2. The summed E-state index contributed by atoms with van der Waals surface area (Å²) in [7, 11) is 0. The number of rotatable bonds is 5. The average molecular weight is 251 g/mol. The van der Waals surface area contributed by atoms with Gasteiger partial charge in [0.1, 0.15) is 0 Å². The molecular formula is C14H21NOS. The van der Waals surface area contributed by atoms with E-state index in [1.165, 1.54) is 0 Å². The first kappa shape index (κ1) is 14.1. The Morgan fingerprint density at radius 2 is 1.65 bits per heavy atom. The van der Waals surface area contributed by atoms with Crippen molar-refractivity contribution in [2.24, 2.45) is 0 Å². The second-order valence-corrected chi connectivity index (χ2v) is 5.64. The lowest BCUT2D eigenvalue weighted by molar-refractivity contribution is -0.131. The summed E-state index contributed by atoms with van der Waals surface area (Å²) >= 11 is 1.60. The molecule has 1 aromatic carbocycles. The van der Waals surface area contributed by atoms with Crippen molar-refractivity contribution in [3.63, 3.8) is 0 Å². The Bertz CT molecular complexity index is 340. The highest BCUT2D eigenvalue weighted by atomic mass is 32.2. The fourth-order valence-corrected chi connectivity index (χ4v) is 2.70. The van der Waals surface area contributed by atoms with E-state index in [0.717, 1.165) is 4.90 Å². The lowest BCUT2D eigenvalue weighted by Gasteiger charge is -2.30. The van der Waals surface area contributed by atoms with Crippen molar-refractivity contribution in [2.75, 3.05) is 5.75 Å². The van der Waals surface area contributed by atoms with Crippen molar-refractivity contribution in [3.05, 3.63) is 30.3 Å². The number of amides is 1. The summed E-state index contributed by atoms with van der Waals surface area (Å²) < 4.78 is 0. The van der Waals surface area contributed by atoms with Crippen LogP contribution in [0, 0.1) is 0 Å². The third kappa shape index (κ3) is 4.43. The van der Waals surface area contributed by atoms with Crippen LogP contribution in [0.4, 0.5) is 0 Å². The van der Waals surface area contributed by atoms with Crippen LogP contribution in [0.15, 0.2) is 35.2 Å². The van der Waals surface area contributed by atoms with Crippen LogP contribution in [0.1, 0.15) is 27.7 Å². The third-order valence-electron chi connectivity index (χ3n) is 2.51. The molecule has 0 saturated heterocycles. The van der Waals surface area contributed by atoms with Gasteiger partial charge >= 0.3 is 0 Å². The van der Waals surface area contributed by atoms with Crippen molar-refractivity contribution in [2.45, 2.75) is 44.7 Å². The molecule has 0 heterocycles. The molecule has 3 heteroatoms. The molecule has 0 aliphatic rings. The molecule has 2 nitrogen and oxygen atoms in total. The Morgan fingerprint density at radius 1 is 1.12 bits per heavy atom. The van der Waals surface area contributed by atoms with Gasteiger partial charge in [-0.05, 0) is 39.8 Å². The molecule has 0 atom stereocenters. The van der Waals surface area contributed by atoms with Crippen LogP contribution in [-0.2, 0) is 4.79 Å². The first-order valence-electron chi connectivity index (χ1n) is 6.01. The maximum atomic E-state index is 12.1. The van der Waals surface area contributed by atoms with Gasteiger partial charge < -0.3 is 4.90 Å². The van der Waals surface area contributed by atoms with Crippen molar-refractivity contribution >= 4 is 17.7 Å². The van der Waals surface area contributed by atoms with E-state index >= 15 is 0 Å². The van der Waals surface area contributed by atoms with Crippen molar-refractivity contribution in [3.8, 4) is 0 Å². The van der Waals surface area contributed by atoms with Crippen LogP contribution in [0.25, 0.3) is 0 Å². The molecule has 0 unspecified atom stereocenters. The smallest absolute Gasteiger partial charge is 0.233 e. The third-order valence-corrected chi connectivity index (χ3v) is 3.50. The summed E-state index contributed by atoms with van der Waals surface area (Å²) in [6.45, 7) is 8.24. The van der Waals surface area contributed by atoms with Crippen molar-refractivity contribution in [1.82, 2.24) is 4.90 Å². The lowest BCUT2D eigenvalue weighted by Crippen LogP contribution is -2.43. The monoisotopic (exact) mass is 251 g/mol. The molecule has 0 aliphatic heterocycles. The maximum absolute atomic E-state index is 12.1. The van der Waals surface area contributed by atoms with E-state index in [9.17, 15) is 4.79 Å². The summed E-state index contributed by atoms with van der Waals surface area (Å²) in [5.74, 6) is 0.726. The first-order chi connectivity index (χ1) is 8.02. The van der Waals surface area contributed by atoms with E-state index in [4.69, 9.17) is 0 Å². The molecule has 94 valence electrons. The van der Waals surface area contributed by atoms with E-state index in [-0.39, 0.29) is 18.0 Å². The molecule has 0 bridgehead atoms. The van der Waals surface area contributed by atoms with Crippen molar-refractivity contribution < 1.29 is 4.79 Å². The molecule has 17 heavy (non-hydrogen) atoms. The Morgan fingerprint density at radius 3 is 2.12 bits per heavy atom. The van der Waals surface area contributed by atoms with Crippen LogP contribution in [0.3, 0.4) is 0 Å². The number of hydrogen-bond donors (Lipinski definition) is 0. The minimum absolute atomic E-state index is 0.212. The summed E-state index contributed by atoms with van der Waals surface area (Å²) in [6.07, 6.45) is 0. The van der Waals surface area contributed by atoms with Gasteiger partial charge in [0, 0.05) is 17.0 Å². The highest BCUT2D eigenvalue weighted by molar-refractivity contribution is 8.00. The average Bonchev–Trinajstić information content (AvgIpc) is 2.27. The van der Waals surface area contributed by atoms with Gasteiger partial charge in [0.2, 0.25) is 5.91 Å². The highest BCUT2D eigenvalue weighted by Gasteiger charge is 2.19. The van der Waals surface area contributed by atoms with Gasteiger partial charge in [0.25, 0.3) is 0 Å². The van der Waals surface area contributed by atoms with Gasteiger partial charge in [-0.25, -0.2) is 0 Å². The van der Waals surface area contributed by atoms with Gasteiger partial charge in [0.15, 0.2) is 0 Å². The SMILES string of the molecule is CC(C)N(C(=O)CSc1ccccc1)C(C)C. The van der Waals surface area contributed by atoms with E-state index < -0.39 is 0 Å². The second kappa shape index (κ2) is 6.70. The zero-order chi connectivity index (χ0) is 12.8. The molecule has 0 aromatic heterocycles. The maximum Gasteiger partial charge on any atom is 0.233 e. The van der Waals surface area contributed by atoms with Gasteiger partial charge in [0.05, 0.1) is 5.75 Å². The number of hydrogen-bond acceptors (Lipinski definition) is 2. The van der Waals surface area contributed by atoms with Gasteiger partial charge in [-0.3, -0.25) is 4.79 Å². The quantitative estimate of drug-likeness (QED) is 0.747. The molecule has 1 aromatic rings. The number of thioether (sulfide) groups is 1. The van der Waals surface area contributed by atoms with Crippen LogP contribution < -0.4 is 0 Å². The minimum Gasteiger partial charge on any atom is -0.337 e. The molecule has 0 aliphatic carbocycles. The Hall–Kier alpha value is -0.960. The van der Waals surface area contributed by atoms with E-state index in [2.05, 4.69) is 27.7 Å². The fraction of sp³-hybridized carbons (Fsp3) is 0.500. The molecule has 0 saturated carbocycles. The highest BCUT2D eigenvalue weighted by Crippen LogP contribution is 2.18. The fourth-order valence-electron chi connectivity index (χ4n) is 1.91. The van der Waals surface area contributed by atoms with E-state index in [0.29, 0.717) is 5.75 Å². The largest absolute Gasteiger partial charge is 0.337 e. The first-order valence-corrected chi connectivity index (χ1v) is 7.00. The molecule has 0 fully saturated rings. The Kier molecular flexibility index (Phi) is 5.56. The summed E-state index contributed by atoms with van der Waals surface area (Å²) in [5.41, 5.74) is 0. The zero-order valence-corrected chi connectivity index (χ0v) is 11.8. The predicted octanol–water partition coefficient (Wildman–Crippen LogP) is 3.42. The second-order valence-electron chi connectivity index (χ2n) is 4.59. The molecule has 0 radical (unpaired) electrons. The number of carbonyl (C=O) groups is 1. The molecule has 1 rings (SSSR count). The molecular weight excluding hydrogens is 230 g/mol. The normalized spacial score (nSPS) is 10.9. The van der Waals surface area contributed by atoms with Crippen LogP contribution in [0.5, 0.6) is 0 Å². The molecule has 1 amide bonds. The van der Waals surface area contributed by atoms with Gasteiger partial charge in [-0.2, -0.15) is 0 Å². The van der Waals surface area contributed by atoms with E-state index in [1.807, 2.05) is 35.2 Å². The zero-order valence-electron chi connectivity index (χ0n) is 11.0. The van der Waals surface area contributed by atoms with Crippen LogP contribution >= 0.6 is 11.8 Å². The Balaban J connectivity index is 2.54. The molecule has 0 spiro atoms. The summed E-state index contributed by atoms with van der Waals surface area (Å²) in [4.78, 5) is 15.2. The summed E-state index contributed by atoms with van der Waals surface area (Å²) in [5, 5.41) is 0. The number of carbonyl (C=O) groups excluding carboxylic acids is 1. The molecule has 0 N–H and O–H groups in total. The van der Waals surface area contributed by atoms with Crippen LogP contribution in [0.2, 0.25) is 0 Å². The van der Waals surface area contributed by atoms with Crippen LogP contribution in [-0.4, -0.2) is 28.6 Å². The number of nitrogens with zero attached hydrogens (tertiary/aromatic N) is 1. The summed E-state index contributed by atoms with van der Waals surface area (Å²) in [6, 6.07) is 10.6.